The Hall–Kier alpha value is -3.00. The molecule has 32 heavy (non-hydrogen) atoms. The van der Waals surface area contributed by atoms with Crippen LogP contribution in [-0.4, -0.2) is 29.5 Å². The molecule has 5 nitrogen and oxygen atoms in total. The normalized spacial score (nSPS) is 26.6. The van der Waals surface area contributed by atoms with Gasteiger partial charge < -0.3 is 19.3 Å². The molecule has 2 aliphatic heterocycles. The zero-order chi connectivity index (χ0) is 22.6. The number of rotatable bonds is 5. The van der Waals surface area contributed by atoms with Crippen molar-refractivity contribution in [2.45, 2.75) is 44.8 Å². The predicted molar refractivity (Wildman–Crippen MR) is 108 cm³/mol. The molecule has 2 heterocycles. The molecule has 3 aliphatic rings. The number of hydrogen-bond donors (Lipinski definition) is 1. The standard InChI is InChI=1S/C24H21F3O5/c1-2-12-3-4-15(30-13-5-7-14(8-6-13)32-24(25,26)27)11-16(12)19-22(28)20-17-9-10-18(31-17)21(20)23(19)29/h3-8,11,17-18,20-21,28H,2,9-10H2,1H3/t17-,18+,20-,21+/m1/s1. The van der Waals surface area contributed by atoms with Crippen LogP contribution in [0.3, 0.4) is 0 Å². The molecule has 0 saturated carbocycles. The minimum atomic E-state index is -4.76. The number of Topliss-reactive ketones (excluding diaryl/α,β-unsaturated/α-hetero) is 1. The predicted octanol–water partition coefficient (Wildman–Crippen LogP) is 5.59. The minimum Gasteiger partial charge on any atom is -0.511 e. The SMILES string of the molecule is CCc1ccc(Oc2ccc(OC(F)(F)F)cc2)cc1C1=C(O)[C@H]2[C@@H](C1=O)[C@@H]1CC[C@H]2O1. The highest BCUT2D eigenvalue weighted by molar-refractivity contribution is 6.25. The molecule has 5 rings (SSSR count). The van der Waals surface area contributed by atoms with E-state index in [1.165, 1.54) is 12.1 Å². The summed E-state index contributed by atoms with van der Waals surface area (Å²) in [5, 5.41) is 11.0. The summed E-state index contributed by atoms with van der Waals surface area (Å²) in [4.78, 5) is 13.2. The van der Waals surface area contributed by atoms with E-state index in [0.29, 0.717) is 29.1 Å². The highest BCUT2D eigenvalue weighted by Crippen LogP contribution is 2.54. The summed E-state index contributed by atoms with van der Waals surface area (Å²) >= 11 is 0. The fraction of sp³-hybridized carbons (Fsp3) is 0.375. The number of allylic oxidation sites excluding steroid dienone is 1. The maximum atomic E-state index is 13.2. The van der Waals surface area contributed by atoms with Crippen molar-refractivity contribution in [3.05, 3.63) is 59.4 Å². The molecular weight excluding hydrogens is 425 g/mol. The summed E-state index contributed by atoms with van der Waals surface area (Å²) in [5.74, 6) is -0.249. The van der Waals surface area contributed by atoms with Gasteiger partial charge in [0.15, 0.2) is 5.78 Å². The zero-order valence-electron chi connectivity index (χ0n) is 17.2. The number of ketones is 1. The lowest BCUT2D eigenvalue weighted by Crippen LogP contribution is -2.29. The molecule has 2 bridgehead atoms. The van der Waals surface area contributed by atoms with Crippen molar-refractivity contribution in [3.8, 4) is 17.2 Å². The lowest BCUT2D eigenvalue weighted by molar-refractivity contribution is -0.274. The van der Waals surface area contributed by atoms with E-state index in [1.54, 1.807) is 12.1 Å². The van der Waals surface area contributed by atoms with Crippen LogP contribution in [0.2, 0.25) is 0 Å². The van der Waals surface area contributed by atoms with Gasteiger partial charge in [0.05, 0.1) is 29.6 Å². The van der Waals surface area contributed by atoms with Crippen molar-refractivity contribution in [2.75, 3.05) is 0 Å². The van der Waals surface area contributed by atoms with Crippen molar-refractivity contribution in [1.82, 2.24) is 0 Å². The quantitative estimate of drug-likeness (QED) is 0.649. The molecule has 0 aromatic heterocycles. The maximum Gasteiger partial charge on any atom is 0.573 e. The Morgan fingerprint density at radius 1 is 1.00 bits per heavy atom. The topological polar surface area (TPSA) is 65.0 Å². The van der Waals surface area contributed by atoms with Gasteiger partial charge in [0.25, 0.3) is 0 Å². The second-order valence-corrected chi connectivity index (χ2v) is 8.26. The van der Waals surface area contributed by atoms with Gasteiger partial charge in [-0.15, -0.1) is 13.2 Å². The number of benzene rings is 2. The Morgan fingerprint density at radius 3 is 2.25 bits per heavy atom. The van der Waals surface area contributed by atoms with Gasteiger partial charge in [0.1, 0.15) is 23.0 Å². The number of ether oxygens (including phenoxy) is 3. The van der Waals surface area contributed by atoms with Gasteiger partial charge in [-0.1, -0.05) is 13.0 Å². The first-order valence-electron chi connectivity index (χ1n) is 10.5. The molecule has 2 saturated heterocycles. The van der Waals surface area contributed by atoms with Crippen molar-refractivity contribution in [2.24, 2.45) is 11.8 Å². The minimum absolute atomic E-state index is 0.0905. The van der Waals surface area contributed by atoms with Gasteiger partial charge in [-0.3, -0.25) is 4.79 Å². The number of fused-ring (bicyclic) bond motifs is 5. The number of aliphatic hydroxyl groups excluding tert-OH is 1. The zero-order valence-corrected chi connectivity index (χ0v) is 17.2. The smallest absolute Gasteiger partial charge is 0.511 e. The van der Waals surface area contributed by atoms with E-state index >= 15 is 0 Å². The van der Waals surface area contributed by atoms with Crippen LogP contribution in [0, 0.1) is 11.8 Å². The Bertz CT molecular complexity index is 1090. The summed E-state index contributed by atoms with van der Waals surface area (Å²) in [6, 6.07) is 10.3. The van der Waals surface area contributed by atoms with Crippen LogP contribution in [0.25, 0.3) is 5.57 Å². The van der Waals surface area contributed by atoms with Crippen LogP contribution in [-0.2, 0) is 16.0 Å². The molecule has 1 N–H and O–H groups in total. The Morgan fingerprint density at radius 2 is 1.62 bits per heavy atom. The van der Waals surface area contributed by atoms with Crippen molar-refractivity contribution in [1.29, 1.82) is 0 Å². The third-order valence-corrected chi connectivity index (χ3v) is 6.42. The molecule has 0 unspecified atom stereocenters. The summed E-state index contributed by atoms with van der Waals surface area (Å²) in [5.41, 5.74) is 1.85. The lowest BCUT2D eigenvalue weighted by Gasteiger charge is -2.19. The van der Waals surface area contributed by atoms with Gasteiger partial charge in [-0.25, -0.2) is 0 Å². The third kappa shape index (κ3) is 3.52. The molecule has 0 spiro atoms. The lowest BCUT2D eigenvalue weighted by atomic mass is 9.80. The number of halogens is 3. The summed E-state index contributed by atoms with van der Waals surface area (Å²) < 4.78 is 52.5. The van der Waals surface area contributed by atoms with E-state index in [4.69, 9.17) is 9.47 Å². The number of hydrogen-bond acceptors (Lipinski definition) is 5. The summed E-state index contributed by atoms with van der Waals surface area (Å²) in [6.07, 6.45) is -2.70. The molecule has 2 aromatic rings. The summed E-state index contributed by atoms with van der Waals surface area (Å²) in [7, 11) is 0. The van der Waals surface area contributed by atoms with Gasteiger partial charge in [-0.2, -0.15) is 0 Å². The van der Waals surface area contributed by atoms with E-state index < -0.39 is 6.36 Å². The fourth-order valence-corrected chi connectivity index (χ4v) is 5.09. The first-order valence-corrected chi connectivity index (χ1v) is 10.5. The van der Waals surface area contributed by atoms with E-state index in [0.717, 1.165) is 30.5 Å². The fourth-order valence-electron chi connectivity index (χ4n) is 5.09. The number of alkyl halides is 3. The second-order valence-electron chi connectivity index (χ2n) is 8.26. The van der Waals surface area contributed by atoms with Crippen LogP contribution in [0.15, 0.2) is 48.2 Å². The molecule has 0 amide bonds. The molecule has 0 radical (unpaired) electrons. The molecule has 2 aromatic carbocycles. The molecule has 4 atom stereocenters. The molecule has 2 fully saturated rings. The van der Waals surface area contributed by atoms with Crippen molar-refractivity contribution >= 4 is 11.4 Å². The van der Waals surface area contributed by atoms with Gasteiger partial charge in [0, 0.05) is 0 Å². The molecule has 8 heteroatoms. The van der Waals surface area contributed by atoms with E-state index in [2.05, 4.69) is 4.74 Å². The van der Waals surface area contributed by atoms with Crippen molar-refractivity contribution in [3.63, 3.8) is 0 Å². The van der Waals surface area contributed by atoms with Crippen molar-refractivity contribution < 1.29 is 37.3 Å². The average Bonchev–Trinajstić information content (AvgIpc) is 3.42. The summed E-state index contributed by atoms with van der Waals surface area (Å²) in [6.45, 7) is 1.96. The largest absolute Gasteiger partial charge is 0.573 e. The van der Waals surface area contributed by atoms with Gasteiger partial charge >= 0.3 is 6.36 Å². The third-order valence-electron chi connectivity index (χ3n) is 6.42. The maximum absolute atomic E-state index is 13.2. The van der Waals surface area contributed by atoms with Crippen LogP contribution >= 0.6 is 0 Å². The number of aryl methyl sites for hydroxylation is 1. The van der Waals surface area contributed by atoms with Crippen LogP contribution < -0.4 is 9.47 Å². The van der Waals surface area contributed by atoms with Crippen LogP contribution in [0.5, 0.6) is 17.2 Å². The van der Waals surface area contributed by atoms with E-state index in [-0.39, 0.29) is 41.3 Å². The van der Waals surface area contributed by atoms with Gasteiger partial charge in [0.2, 0.25) is 0 Å². The highest BCUT2D eigenvalue weighted by Gasteiger charge is 2.59. The number of carbonyl (C=O) groups excluding carboxylic acids is 1. The molecular formula is C24H21F3O5. The first-order chi connectivity index (χ1) is 15.2. The Kier molecular flexibility index (Phi) is 4.93. The Labute approximate surface area is 182 Å². The number of carbonyl (C=O) groups is 1. The first kappa shape index (κ1) is 20.9. The second kappa shape index (κ2) is 7.55. The van der Waals surface area contributed by atoms with Crippen LogP contribution in [0.4, 0.5) is 13.2 Å². The number of aliphatic hydroxyl groups is 1. The average molecular weight is 446 g/mol. The van der Waals surface area contributed by atoms with E-state index in [9.17, 15) is 23.1 Å². The Balaban J connectivity index is 1.43. The molecule has 168 valence electrons. The highest BCUT2D eigenvalue weighted by atomic mass is 19.4. The van der Waals surface area contributed by atoms with Gasteiger partial charge in [-0.05, 0) is 66.8 Å². The molecule has 1 aliphatic carbocycles. The monoisotopic (exact) mass is 446 g/mol. The van der Waals surface area contributed by atoms with E-state index in [1.807, 2.05) is 13.0 Å². The van der Waals surface area contributed by atoms with Crippen LogP contribution in [0.1, 0.15) is 30.9 Å².